The second-order valence-electron chi connectivity index (χ2n) is 4.76. The molecule has 0 aliphatic heterocycles. The lowest BCUT2D eigenvalue weighted by Gasteiger charge is -2.09. The molecule has 0 saturated carbocycles. The van der Waals surface area contributed by atoms with Crippen LogP contribution in [-0.2, 0) is 6.18 Å². The maximum absolute atomic E-state index is 14.1. The van der Waals surface area contributed by atoms with Crippen LogP contribution in [0.4, 0.5) is 17.6 Å². The van der Waals surface area contributed by atoms with Crippen molar-refractivity contribution in [1.29, 1.82) is 0 Å². The molecule has 0 aliphatic rings. The summed E-state index contributed by atoms with van der Waals surface area (Å²) in [4.78, 5) is 16.1. The van der Waals surface area contributed by atoms with E-state index in [9.17, 15) is 22.4 Å². The molecule has 124 valence electrons. The average Bonchev–Trinajstić information content (AvgIpc) is 2.51. The quantitative estimate of drug-likeness (QED) is 0.349. The normalized spacial score (nSPS) is 11.9. The van der Waals surface area contributed by atoms with Crippen molar-refractivity contribution in [2.45, 2.75) is 6.18 Å². The molecule has 3 nitrogen and oxygen atoms in total. The predicted octanol–water partition coefficient (Wildman–Crippen LogP) is 5.54. The highest BCUT2D eigenvalue weighted by molar-refractivity contribution is 9.11. The van der Waals surface area contributed by atoms with Crippen molar-refractivity contribution in [2.24, 2.45) is 0 Å². The zero-order valence-corrected chi connectivity index (χ0v) is 14.6. The molecule has 0 atom stereocenters. The Morgan fingerprint density at radius 3 is 2.46 bits per heavy atom. The number of fused-ring (bicyclic) bond motifs is 1. The van der Waals surface area contributed by atoms with Gasteiger partial charge in [0.2, 0.25) is 5.89 Å². The van der Waals surface area contributed by atoms with Gasteiger partial charge in [0.15, 0.2) is 5.82 Å². The van der Waals surface area contributed by atoms with Crippen molar-refractivity contribution < 1.29 is 22.0 Å². The molecule has 24 heavy (non-hydrogen) atoms. The summed E-state index contributed by atoms with van der Waals surface area (Å²) in [5.74, 6) is -1.19. The van der Waals surface area contributed by atoms with Gasteiger partial charge in [-0.1, -0.05) is 6.07 Å². The molecule has 0 fully saturated rings. The van der Waals surface area contributed by atoms with E-state index in [1.54, 1.807) is 0 Å². The minimum absolute atomic E-state index is 0.0304. The Hall–Kier alpha value is -1.74. The Morgan fingerprint density at radius 2 is 1.79 bits per heavy atom. The molecule has 3 aromatic rings. The lowest BCUT2D eigenvalue weighted by atomic mass is 10.1. The second-order valence-corrected chi connectivity index (χ2v) is 6.47. The Morgan fingerprint density at radius 1 is 1.08 bits per heavy atom. The standard InChI is InChI=1S/C15H5Br2F4NO2/c16-8-5-9(17)12-10(11(8)18)14(23)24-13(22-12)6-2-1-3-7(4-6)15(19,20)21/h1-5H. The first-order valence-corrected chi connectivity index (χ1v) is 7.93. The van der Waals surface area contributed by atoms with Crippen molar-refractivity contribution in [3.8, 4) is 11.5 Å². The topological polar surface area (TPSA) is 43.1 Å². The lowest BCUT2D eigenvalue weighted by molar-refractivity contribution is -0.137. The third kappa shape index (κ3) is 2.98. The van der Waals surface area contributed by atoms with Crippen LogP contribution in [0.3, 0.4) is 0 Å². The largest absolute Gasteiger partial charge is 0.416 e. The third-order valence-corrected chi connectivity index (χ3v) is 4.37. The van der Waals surface area contributed by atoms with Crippen LogP contribution in [0.5, 0.6) is 0 Å². The van der Waals surface area contributed by atoms with Gasteiger partial charge in [0.25, 0.3) is 0 Å². The Labute approximate surface area is 148 Å². The van der Waals surface area contributed by atoms with E-state index in [-0.39, 0.29) is 21.4 Å². The third-order valence-electron chi connectivity index (χ3n) is 3.19. The highest BCUT2D eigenvalue weighted by Crippen LogP contribution is 2.33. The highest BCUT2D eigenvalue weighted by atomic mass is 79.9. The van der Waals surface area contributed by atoms with Gasteiger partial charge in [-0.25, -0.2) is 14.2 Å². The summed E-state index contributed by atoms with van der Waals surface area (Å²) < 4.78 is 57.7. The fraction of sp³-hybridized carbons (Fsp3) is 0.0667. The summed E-state index contributed by atoms with van der Waals surface area (Å²) in [6.07, 6.45) is -4.55. The fourth-order valence-corrected chi connectivity index (χ4v) is 3.35. The van der Waals surface area contributed by atoms with Crippen LogP contribution in [0, 0.1) is 5.82 Å². The maximum Gasteiger partial charge on any atom is 0.416 e. The van der Waals surface area contributed by atoms with Crippen LogP contribution in [-0.4, -0.2) is 4.98 Å². The van der Waals surface area contributed by atoms with Crippen molar-refractivity contribution in [1.82, 2.24) is 4.98 Å². The summed E-state index contributed by atoms with van der Waals surface area (Å²) in [6, 6.07) is 5.52. The van der Waals surface area contributed by atoms with Gasteiger partial charge < -0.3 is 4.42 Å². The van der Waals surface area contributed by atoms with Crippen molar-refractivity contribution >= 4 is 42.8 Å². The second kappa shape index (κ2) is 5.96. The van der Waals surface area contributed by atoms with Gasteiger partial charge in [-0.3, -0.25) is 0 Å². The van der Waals surface area contributed by atoms with Gasteiger partial charge in [-0.2, -0.15) is 13.2 Å². The molecule has 0 spiro atoms. The molecule has 0 saturated heterocycles. The summed E-state index contributed by atoms with van der Waals surface area (Å²) in [5, 5.41) is -0.396. The number of aromatic nitrogens is 1. The van der Waals surface area contributed by atoms with Crippen molar-refractivity contribution in [3.05, 3.63) is 61.1 Å². The van der Waals surface area contributed by atoms with E-state index in [4.69, 9.17) is 4.42 Å². The van der Waals surface area contributed by atoms with E-state index in [0.717, 1.165) is 12.1 Å². The molecule has 0 radical (unpaired) electrons. The molecular formula is C15H5Br2F4NO2. The molecule has 1 aromatic heterocycles. The SMILES string of the molecule is O=c1oc(-c2cccc(C(F)(F)F)c2)nc2c(Br)cc(Br)c(F)c12. The number of alkyl halides is 3. The molecule has 0 unspecified atom stereocenters. The molecule has 0 amide bonds. The Kier molecular flexibility index (Phi) is 4.25. The summed E-state index contributed by atoms with van der Waals surface area (Å²) >= 11 is 6.11. The summed E-state index contributed by atoms with van der Waals surface area (Å²) in [7, 11) is 0. The molecule has 1 heterocycles. The van der Waals surface area contributed by atoms with E-state index >= 15 is 0 Å². The van der Waals surface area contributed by atoms with Crippen LogP contribution in [0.15, 0.2) is 48.5 Å². The smallest absolute Gasteiger partial charge is 0.403 e. The first-order chi connectivity index (χ1) is 11.2. The molecule has 0 bridgehead atoms. The average molecular weight is 467 g/mol. The lowest BCUT2D eigenvalue weighted by Crippen LogP contribution is -2.07. The number of nitrogens with zero attached hydrogens (tertiary/aromatic N) is 1. The molecule has 0 aliphatic carbocycles. The summed E-state index contributed by atoms with van der Waals surface area (Å²) in [5.41, 5.74) is -2.03. The van der Waals surface area contributed by atoms with E-state index < -0.39 is 28.6 Å². The number of rotatable bonds is 1. The highest BCUT2D eigenvalue weighted by Gasteiger charge is 2.31. The zero-order valence-electron chi connectivity index (χ0n) is 11.4. The Bertz CT molecular complexity index is 1010. The number of hydrogen-bond acceptors (Lipinski definition) is 3. The molecule has 2 aromatic carbocycles. The van der Waals surface area contributed by atoms with Crippen LogP contribution < -0.4 is 5.63 Å². The van der Waals surface area contributed by atoms with Crippen molar-refractivity contribution in [3.63, 3.8) is 0 Å². The molecular weight excluding hydrogens is 462 g/mol. The molecule has 0 N–H and O–H groups in total. The van der Waals surface area contributed by atoms with Crippen LogP contribution >= 0.6 is 31.9 Å². The van der Waals surface area contributed by atoms with E-state index in [1.807, 2.05) is 0 Å². The van der Waals surface area contributed by atoms with Gasteiger partial charge in [-0.05, 0) is 56.1 Å². The minimum atomic E-state index is -4.55. The van der Waals surface area contributed by atoms with Gasteiger partial charge in [0, 0.05) is 10.0 Å². The first-order valence-electron chi connectivity index (χ1n) is 6.34. The van der Waals surface area contributed by atoms with Gasteiger partial charge in [0.05, 0.1) is 15.6 Å². The number of benzene rings is 2. The first kappa shape index (κ1) is 17.1. The number of hydrogen-bond donors (Lipinski definition) is 0. The van der Waals surface area contributed by atoms with E-state index in [2.05, 4.69) is 36.8 Å². The fourth-order valence-electron chi connectivity index (χ4n) is 2.10. The van der Waals surface area contributed by atoms with Gasteiger partial charge in [-0.15, -0.1) is 0 Å². The monoisotopic (exact) mass is 465 g/mol. The van der Waals surface area contributed by atoms with Gasteiger partial charge in [0.1, 0.15) is 5.39 Å². The number of halogens is 6. The van der Waals surface area contributed by atoms with E-state index in [0.29, 0.717) is 4.47 Å². The van der Waals surface area contributed by atoms with E-state index in [1.165, 1.54) is 18.2 Å². The van der Waals surface area contributed by atoms with Crippen LogP contribution in [0.25, 0.3) is 22.4 Å². The Balaban J connectivity index is 2.28. The van der Waals surface area contributed by atoms with Crippen LogP contribution in [0.2, 0.25) is 0 Å². The van der Waals surface area contributed by atoms with Crippen molar-refractivity contribution in [2.75, 3.05) is 0 Å². The van der Waals surface area contributed by atoms with Crippen LogP contribution in [0.1, 0.15) is 5.56 Å². The zero-order chi connectivity index (χ0) is 17.6. The maximum atomic E-state index is 14.1. The predicted molar refractivity (Wildman–Crippen MR) is 86.1 cm³/mol. The molecule has 9 heteroatoms. The van der Waals surface area contributed by atoms with Gasteiger partial charge >= 0.3 is 11.8 Å². The molecule has 3 rings (SSSR count). The summed E-state index contributed by atoms with van der Waals surface area (Å²) in [6.45, 7) is 0. The minimum Gasteiger partial charge on any atom is -0.403 e.